The van der Waals surface area contributed by atoms with Gasteiger partial charge in [-0.05, 0) is 107 Å². The number of nitrogens with one attached hydrogen (secondary N) is 1. The van der Waals surface area contributed by atoms with Crippen LogP contribution >= 0.6 is 0 Å². The van der Waals surface area contributed by atoms with E-state index in [0.29, 0.717) is 0 Å². The molecule has 1 N–H and O–H groups in total. The van der Waals surface area contributed by atoms with Crippen LogP contribution in [0.5, 0.6) is 5.75 Å². The van der Waals surface area contributed by atoms with Crippen molar-refractivity contribution >= 4 is 38.0 Å². The van der Waals surface area contributed by atoms with Crippen LogP contribution in [-0.2, 0) is 5.41 Å². The molecule has 10 aromatic rings. The van der Waals surface area contributed by atoms with Gasteiger partial charge in [-0.15, -0.1) is 0 Å². The SMILES string of the molecule is c1ccc(C2Nc3ccc4ccc5ccc(-c6cccc(-c7ccc8c(c7)C(c7ccccc7)(c7ccccc7)c7c-8ccc8ccccc78)c6)cc5c4c3O2)cc1. The van der Waals surface area contributed by atoms with Gasteiger partial charge in [-0.3, -0.25) is 0 Å². The lowest BCUT2D eigenvalue weighted by molar-refractivity contribution is 0.263. The maximum Gasteiger partial charge on any atom is 0.196 e. The van der Waals surface area contributed by atoms with Gasteiger partial charge in [0.2, 0.25) is 0 Å². The van der Waals surface area contributed by atoms with E-state index in [9.17, 15) is 0 Å². The molecule has 2 aliphatic rings. The molecular formula is C56H37NO. The van der Waals surface area contributed by atoms with Gasteiger partial charge in [0.05, 0.1) is 11.1 Å². The van der Waals surface area contributed by atoms with Gasteiger partial charge in [0.15, 0.2) is 12.0 Å². The fraction of sp³-hybridized carbons (Fsp3) is 0.0357. The van der Waals surface area contributed by atoms with Crippen LogP contribution in [0.3, 0.4) is 0 Å². The van der Waals surface area contributed by atoms with E-state index in [2.05, 4.69) is 212 Å². The lowest BCUT2D eigenvalue weighted by atomic mass is 9.66. The monoisotopic (exact) mass is 739 g/mol. The van der Waals surface area contributed by atoms with Crippen LogP contribution < -0.4 is 10.1 Å². The second kappa shape index (κ2) is 12.8. The van der Waals surface area contributed by atoms with Gasteiger partial charge in [-0.1, -0.05) is 188 Å². The van der Waals surface area contributed by atoms with Gasteiger partial charge in [0.25, 0.3) is 0 Å². The zero-order valence-corrected chi connectivity index (χ0v) is 31.7. The van der Waals surface area contributed by atoms with E-state index < -0.39 is 5.41 Å². The van der Waals surface area contributed by atoms with Crippen LogP contribution in [-0.4, -0.2) is 0 Å². The molecule has 0 bridgehead atoms. The summed E-state index contributed by atoms with van der Waals surface area (Å²) in [7, 11) is 0. The lowest BCUT2D eigenvalue weighted by Gasteiger charge is -2.35. The number of ether oxygens (including phenoxy) is 1. The average molecular weight is 740 g/mol. The Morgan fingerprint density at radius 3 is 1.76 bits per heavy atom. The molecule has 1 aliphatic heterocycles. The smallest absolute Gasteiger partial charge is 0.196 e. The zero-order chi connectivity index (χ0) is 38.2. The summed E-state index contributed by atoms with van der Waals surface area (Å²) < 4.78 is 6.69. The molecule has 1 unspecified atom stereocenters. The van der Waals surface area contributed by atoms with E-state index in [0.717, 1.165) is 22.4 Å². The van der Waals surface area contributed by atoms with Gasteiger partial charge in [-0.2, -0.15) is 0 Å². The van der Waals surface area contributed by atoms with E-state index in [4.69, 9.17) is 4.74 Å². The van der Waals surface area contributed by atoms with Gasteiger partial charge in [-0.25, -0.2) is 0 Å². The fourth-order valence-corrected chi connectivity index (χ4v) is 9.92. The molecule has 1 aliphatic carbocycles. The molecule has 0 saturated heterocycles. The third-order valence-electron chi connectivity index (χ3n) is 12.5. The summed E-state index contributed by atoms with van der Waals surface area (Å²) in [5.74, 6) is 0.912. The van der Waals surface area contributed by atoms with Crippen molar-refractivity contribution in [1.82, 2.24) is 0 Å². The van der Waals surface area contributed by atoms with E-state index in [1.807, 2.05) is 6.07 Å². The molecule has 0 amide bonds. The van der Waals surface area contributed by atoms with Crippen molar-refractivity contribution in [3.8, 4) is 39.1 Å². The molecule has 2 nitrogen and oxygen atoms in total. The van der Waals surface area contributed by atoms with Crippen molar-refractivity contribution in [3.05, 3.63) is 240 Å². The second-order valence-electron chi connectivity index (χ2n) is 15.6. The second-order valence-corrected chi connectivity index (χ2v) is 15.6. The highest BCUT2D eigenvalue weighted by molar-refractivity contribution is 6.14. The summed E-state index contributed by atoms with van der Waals surface area (Å²) in [6.45, 7) is 0. The average Bonchev–Trinajstić information content (AvgIpc) is 3.88. The van der Waals surface area contributed by atoms with Crippen molar-refractivity contribution < 1.29 is 4.74 Å². The van der Waals surface area contributed by atoms with Crippen LogP contribution in [0.4, 0.5) is 5.69 Å². The minimum atomic E-state index is -0.502. The Labute approximate surface area is 337 Å². The van der Waals surface area contributed by atoms with E-state index in [1.165, 1.54) is 82.6 Å². The maximum absolute atomic E-state index is 6.69. The zero-order valence-electron chi connectivity index (χ0n) is 31.7. The summed E-state index contributed by atoms with van der Waals surface area (Å²) >= 11 is 0. The molecule has 1 heterocycles. The van der Waals surface area contributed by atoms with E-state index in [-0.39, 0.29) is 6.23 Å². The molecule has 58 heavy (non-hydrogen) atoms. The molecule has 272 valence electrons. The van der Waals surface area contributed by atoms with Gasteiger partial charge in [0, 0.05) is 10.9 Å². The van der Waals surface area contributed by atoms with Gasteiger partial charge >= 0.3 is 0 Å². The third kappa shape index (κ3) is 4.85. The topological polar surface area (TPSA) is 21.3 Å². The third-order valence-corrected chi connectivity index (χ3v) is 12.5. The van der Waals surface area contributed by atoms with Crippen LogP contribution in [0.1, 0.15) is 34.0 Å². The normalized spacial score (nSPS) is 14.8. The van der Waals surface area contributed by atoms with Crippen LogP contribution in [0, 0.1) is 0 Å². The molecule has 2 heteroatoms. The number of hydrogen-bond donors (Lipinski definition) is 1. The van der Waals surface area contributed by atoms with Crippen molar-refractivity contribution in [2.45, 2.75) is 11.6 Å². The number of anilines is 1. The molecule has 10 aromatic carbocycles. The number of hydrogen-bond acceptors (Lipinski definition) is 2. The molecule has 0 saturated carbocycles. The van der Waals surface area contributed by atoms with Gasteiger partial charge < -0.3 is 10.1 Å². The molecule has 12 rings (SSSR count). The van der Waals surface area contributed by atoms with Gasteiger partial charge in [0.1, 0.15) is 0 Å². The van der Waals surface area contributed by atoms with Crippen molar-refractivity contribution in [3.63, 3.8) is 0 Å². The number of fused-ring (bicyclic) bond motifs is 10. The highest BCUT2D eigenvalue weighted by Crippen LogP contribution is 2.58. The fourth-order valence-electron chi connectivity index (χ4n) is 9.92. The predicted molar refractivity (Wildman–Crippen MR) is 241 cm³/mol. The minimum absolute atomic E-state index is 0.224. The Hall–Kier alpha value is -7.42. The van der Waals surface area contributed by atoms with Crippen molar-refractivity contribution in [1.29, 1.82) is 0 Å². The van der Waals surface area contributed by atoms with E-state index >= 15 is 0 Å². The number of rotatable bonds is 5. The Morgan fingerprint density at radius 2 is 0.983 bits per heavy atom. The van der Waals surface area contributed by atoms with Crippen molar-refractivity contribution in [2.75, 3.05) is 5.32 Å². The summed E-state index contributed by atoms with van der Waals surface area (Å²) in [5.41, 5.74) is 14.2. The highest BCUT2D eigenvalue weighted by Gasteiger charge is 2.47. The van der Waals surface area contributed by atoms with Crippen LogP contribution in [0.2, 0.25) is 0 Å². The van der Waals surface area contributed by atoms with Crippen molar-refractivity contribution in [2.24, 2.45) is 0 Å². The predicted octanol–water partition coefficient (Wildman–Crippen LogP) is 14.3. The van der Waals surface area contributed by atoms with Crippen LogP contribution in [0.15, 0.2) is 212 Å². The minimum Gasteiger partial charge on any atom is -0.464 e. The summed E-state index contributed by atoms with van der Waals surface area (Å²) in [4.78, 5) is 0. The molecular weight excluding hydrogens is 703 g/mol. The Morgan fingerprint density at radius 1 is 0.414 bits per heavy atom. The summed E-state index contributed by atoms with van der Waals surface area (Å²) in [5, 5.41) is 10.8. The molecule has 0 aromatic heterocycles. The summed E-state index contributed by atoms with van der Waals surface area (Å²) in [6.07, 6.45) is -0.224. The summed E-state index contributed by atoms with van der Waals surface area (Å²) in [6, 6.07) is 77.9. The Balaban J connectivity index is 1.01. The number of benzene rings is 10. The lowest BCUT2D eigenvalue weighted by Crippen LogP contribution is -2.28. The first kappa shape index (κ1) is 32.8. The standard InChI is InChI=1S/C56H37NO/c1-4-14-39(15-5-1)55-57-51-32-29-38-25-23-37-24-26-42(34-49(37)52(38)54(51)58-55)40-16-12-17-41(33-40)43-28-30-47-48-31-27-36-13-10-11-22-46(36)53(48)56(50(47)35-43,44-18-6-2-7-19-44)45-20-8-3-9-21-45/h1-35,55,57H. The first-order valence-corrected chi connectivity index (χ1v) is 20.1. The van der Waals surface area contributed by atoms with Crippen LogP contribution in [0.25, 0.3) is 65.7 Å². The maximum atomic E-state index is 6.69. The quantitative estimate of drug-likeness (QED) is 0.178. The molecule has 1 atom stereocenters. The molecule has 0 spiro atoms. The molecule has 0 fully saturated rings. The Kier molecular flexibility index (Phi) is 7.24. The molecule has 0 radical (unpaired) electrons. The Bertz CT molecular complexity index is 3190. The first-order chi connectivity index (χ1) is 28.7. The van der Waals surface area contributed by atoms with E-state index in [1.54, 1.807) is 0 Å². The first-order valence-electron chi connectivity index (χ1n) is 20.1. The highest BCUT2D eigenvalue weighted by atomic mass is 16.5. The largest absolute Gasteiger partial charge is 0.464 e.